The predicted octanol–water partition coefficient (Wildman–Crippen LogP) is 2.61. The number of nitrogens with zero attached hydrogens (tertiary/aromatic N) is 7. The molecule has 0 amide bonds. The highest BCUT2D eigenvalue weighted by molar-refractivity contribution is 5.62. The molecule has 7 heteroatoms. The molecule has 0 atom stereocenters. The third kappa shape index (κ3) is 4.29. The maximum Gasteiger partial charge on any atom is 0.171 e. The lowest BCUT2D eigenvalue weighted by Crippen LogP contribution is -2.36. The molecular formula is C21H33N7. The summed E-state index contributed by atoms with van der Waals surface area (Å²) in [6, 6.07) is 0. The molecule has 0 aliphatic carbocycles. The zero-order valence-electron chi connectivity index (χ0n) is 17.3. The van der Waals surface area contributed by atoms with Gasteiger partial charge in [-0.05, 0) is 52.7 Å². The largest absolute Gasteiger partial charge is 0.354 e. The molecule has 0 radical (unpaired) electrons. The average Bonchev–Trinajstić information content (AvgIpc) is 3.40. The Morgan fingerprint density at radius 2 is 1.54 bits per heavy atom. The van der Waals surface area contributed by atoms with E-state index in [9.17, 15) is 0 Å². The quantitative estimate of drug-likeness (QED) is 0.733. The third-order valence-corrected chi connectivity index (χ3v) is 5.98. The molecule has 7 nitrogen and oxygen atoms in total. The Morgan fingerprint density at radius 3 is 2.18 bits per heavy atom. The molecule has 4 heterocycles. The van der Waals surface area contributed by atoms with E-state index < -0.39 is 0 Å². The van der Waals surface area contributed by atoms with Crippen LogP contribution >= 0.6 is 0 Å². The maximum atomic E-state index is 4.71. The van der Waals surface area contributed by atoms with Crippen molar-refractivity contribution < 1.29 is 0 Å². The minimum absolute atomic E-state index is 0.539. The first-order valence-corrected chi connectivity index (χ1v) is 10.7. The van der Waals surface area contributed by atoms with Crippen LogP contribution in [0.1, 0.15) is 43.8 Å². The minimum Gasteiger partial charge on any atom is -0.354 e. The number of anilines is 2. The van der Waals surface area contributed by atoms with Crippen molar-refractivity contribution in [1.29, 1.82) is 0 Å². The van der Waals surface area contributed by atoms with Crippen molar-refractivity contribution in [2.45, 2.75) is 44.6 Å². The summed E-state index contributed by atoms with van der Waals surface area (Å²) in [6.07, 6.45) is 13.7. The Kier molecular flexibility index (Phi) is 6.10. The molecule has 0 saturated carbocycles. The lowest BCUT2D eigenvalue weighted by molar-refractivity contribution is 0.380. The number of rotatable bonds is 7. The number of hydrogen-bond donors (Lipinski definition) is 0. The zero-order valence-corrected chi connectivity index (χ0v) is 17.3. The Labute approximate surface area is 168 Å². The van der Waals surface area contributed by atoms with Gasteiger partial charge < -0.3 is 19.3 Å². The highest BCUT2D eigenvalue weighted by Crippen LogP contribution is 2.33. The summed E-state index contributed by atoms with van der Waals surface area (Å²) < 4.78 is 2.36. The number of piperidine rings is 1. The summed E-state index contributed by atoms with van der Waals surface area (Å²) in [7, 11) is 4.26. The highest BCUT2D eigenvalue weighted by Gasteiger charge is 2.27. The topological polar surface area (TPSA) is 53.3 Å². The maximum absolute atomic E-state index is 4.71. The number of aryl methyl sites for hydroxylation is 1. The fourth-order valence-electron chi connectivity index (χ4n) is 4.47. The summed E-state index contributed by atoms with van der Waals surface area (Å²) >= 11 is 0. The van der Waals surface area contributed by atoms with Crippen LogP contribution in [0.15, 0.2) is 24.8 Å². The van der Waals surface area contributed by atoms with Crippen LogP contribution < -0.4 is 9.80 Å². The summed E-state index contributed by atoms with van der Waals surface area (Å²) in [6.45, 7) is 6.42. The van der Waals surface area contributed by atoms with E-state index in [4.69, 9.17) is 9.97 Å². The van der Waals surface area contributed by atoms with Gasteiger partial charge in [-0.1, -0.05) is 0 Å². The van der Waals surface area contributed by atoms with Crippen molar-refractivity contribution in [3.63, 3.8) is 0 Å². The lowest BCUT2D eigenvalue weighted by Gasteiger charge is -2.34. The van der Waals surface area contributed by atoms with E-state index in [1.54, 1.807) is 0 Å². The number of aromatic nitrogens is 4. The zero-order chi connectivity index (χ0) is 19.3. The van der Waals surface area contributed by atoms with Crippen molar-refractivity contribution in [2.75, 3.05) is 56.6 Å². The molecule has 2 fully saturated rings. The van der Waals surface area contributed by atoms with Gasteiger partial charge in [-0.2, -0.15) is 0 Å². The minimum atomic E-state index is 0.539. The third-order valence-electron chi connectivity index (χ3n) is 5.98. The van der Waals surface area contributed by atoms with Crippen LogP contribution in [0, 0.1) is 0 Å². The van der Waals surface area contributed by atoms with Crippen LogP contribution in [0.2, 0.25) is 0 Å². The van der Waals surface area contributed by atoms with Crippen molar-refractivity contribution in [2.24, 2.45) is 0 Å². The second kappa shape index (κ2) is 8.90. The predicted molar refractivity (Wildman–Crippen MR) is 113 cm³/mol. The van der Waals surface area contributed by atoms with E-state index in [1.165, 1.54) is 18.7 Å². The lowest BCUT2D eigenvalue weighted by atomic mass is 9.96. The van der Waals surface area contributed by atoms with Gasteiger partial charge in [0, 0.05) is 63.4 Å². The molecular weight excluding hydrogens is 350 g/mol. The Bertz CT molecular complexity index is 743. The fraction of sp³-hybridized carbons (Fsp3) is 0.667. The monoisotopic (exact) mass is 383 g/mol. The molecule has 2 aliphatic heterocycles. The van der Waals surface area contributed by atoms with E-state index in [2.05, 4.69) is 44.5 Å². The molecule has 0 aromatic carbocycles. The van der Waals surface area contributed by atoms with Crippen LogP contribution in [-0.4, -0.2) is 71.2 Å². The van der Waals surface area contributed by atoms with Gasteiger partial charge in [0.15, 0.2) is 11.6 Å². The van der Waals surface area contributed by atoms with Crippen molar-refractivity contribution in [3.05, 3.63) is 30.6 Å². The second-order valence-electron chi connectivity index (χ2n) is 8.29. The highest BCUT2D eigenvalue weighted by atomic mass is 15.3. The molecule has 28 heavy (non-hydrogen) atoms. The Balaban J connectivity index is 1.39. The van der Waals surface area contributed by atoms with Crippen LogP contribution in [0.3, 0.4) is 0 Å². The SMILES string of the molecule is CN(C)CCCn1ccnc1C1CCN(c2nccnc2N2CCCC2)CC1. The van der Waals surface area contributed by atoms with Gasteiger partial charge in [0.2, 0.25) is 0 Å². The molecule has 0 spiro atoms. The van der Waals surface area contributed by atoms with Crippen molar-refractivity contribution in [3.8, 4) is 0 Å². The van der Waals surface area contributed by atoms with Gasteiger partial charge >= 0.3 is 0 Å². The summed E-state index contributed by atoms with van der Waals surface area (Å²) in [5.41, 5.74) is 0. The molecule has 2 saturated heterocycles. The molecule has 4 rings (SSSR count). The first-order chi connectivity index (χ1) is 13.7. The van der Waals surface area contributed by atoms with E-state index >= 15 is 0 Å². The van der Waals surface area contributed by atoms with Gasteiger partial charge in [0.05, 0.1) is 0 Å². The van der Waals surface area contributed by atoms with E-state index in [-0.39, 0.29) is 0 Å². The second-order valence-corrected chi connectivity index (χ2v) is 8.29. The smallest absolute Gasteiger partial charge is 0.171 e. The normalized spacial score (nSPS) is 18.4. The summed E-state index contributed by atoms with van der Waals surface area (Å²) in [5, 5.41) is 0. The molecule has 0 bridgehead atoms. The van der Waals surface area contributed by atoms with Crippen LogP contribution in [0.25, 0.3) is 0 Å². The molecule has 152 valence electrons. The first kappa shape index (κ1) is 19.2. The molecule has 2 aromatic heterocycles. The summed E-state index contributed by atoms with van der Waals surface area (Å²) in [4.78, 5) is 21.2. The average molecular weight is 384 g/mol. The van der Waals surface area contributed by atoms with Crippen LogP contribution in [0.4, 0.5) is 11.6 Å². The molecule has 2 aromatic rings. The van der Waals surface area contributed by atoms with E-state index in [0.717, 1.165) is 70.2 Å². The van der Waals surface area contributed by atoms with Crippen LogP contribution in [0.5, 0.6) is 0 Å². The standard InChI is InChI=1S/C21H33N7/c1-25(2)11-5-14-27-17-10-24-19(27)18-6-15-28(16-7-18)21-20(22-8-9-23-21)26-12-3-4-13-26/h8-10,17-18H,3-7,11-16H2,1-2H3. The van der Waals surface area contributed by atoms with Gasteiger partial charge in [0.25, 0.3) is 0 Å². The van der Waals surface area contributed by atoms with Gasteiger partial charge in [-0.15, -0.1) is 0 Å². The fourth-order valence-corrected chi connectivity index (χ4v) is 4.47. The Hall–Kier alpha value is -2.15. The molecule has 0 unspecified atom stereocenters. The number of imidazole rings is 1. The van der Waals surface area contributed by atoms with E-state index in [0.29, 0.717) is 5.92 Å². The molecule has 0 N–H and O–H groups in total. The van der Waals surface area contributed by atoms with Crippen LogP contribution in [-0.2, 0) is 6.54 Å². The molecule has 2 aliphatic rings. The van der Waals surface area contributed by atoms with Gasteiger partial charge in [-0.25, -0.2) is 15.0 Å². The Morgan fingerprint density at radius 1 is 0.893 bits per heavy atom. The summed E-state index contributed by atoms with van der Waals surface area (Å²) in [5.74, 6) is 3.94. The number of hydrogen-bond acceptors (Lipinski definition) is 6. The van der Waals surface area contributed by atoms with E-state index in [1.807, 2.05) is 18.6 Å². The van der Waals surface area contributed by atoms with Gasteiger partial charge in [0.1, 0.15) is 5.82 Å². The van der Waals surface area contributed by atoms with Crippen molar-refractivity contribution >= 4 is 11.6 Å². The first-order valence-electron chi connectivity index (χ1n) is 10.7. The van der Waals surface area contributed by atoms with Crippen molar-refractivity contribution in [1.82, 2.24) is 24.4 Å². The van der Waals surface area contributed by atoms with Gasteiger partial charge in [-0.3, -0.25) is 0 Å².